The molecule has 2 rings (SSSR count). The Morgan fingerprint density at radius 1 is 1.28 bits per heavy atom. The maximum atomic E-state index is 10.4. The van der Waals surface area contributed by atoms with Gasteiger partial charge in [-0.3, -0.25) is 0 Å². The molecular formula is C13H16N2O3. The molecule has 18 heavy (non-hydrogen) atoms. The number of aryl methyl sites for hydroxylation is 1. The molecule has 1 heterocycles. The number of benzene rings is 1. The van der Waals surface area contributed by atoms with Crippen LogP contribution in [0.1, 0.15) is 17.5 Å². The fourth-order valence-electron chi connectivity index (χ4n) is 1.83. The molecule has 1 atom stereocenters. The predicted octanol–water partition coefficient (Wildman–Crippen LogP) is 1.52. The number of imidazole rings is 1. The Bertz CT molecular complexity index is 537. The van der Waals surface area contributed by atoms with Crippen LogP contribution in [-0.4, -0.2) is 28.9 Å². The zero-order valence-electron chi connectivity index (χ0n) is 10.6. The SMILES string of the molecule is COc1ccc(OC)c(C(O)c2nccn2C)c1. The van der Waals surface area contributed by atoms with Crippen molar-refractivity contribution in [1.29, 1.82) is 0 Å². The Kier molecular flexibility index (Phi) is 3.53. The fourth-order valence-corrected chi connectivity index (χ4v) is 1.83. The summed E-state index contributed by atoms with van der Waals surface area (Å²) >= 11 is 0. The third-order valence-electron chi connectivity index (χ3n) is 2.83. The van der Waals surface area contributed by atoms with Crippen molar-refractivity contribution in [3.8, 4) is 11.5 Å². The van der Waals surface area contributed by atoms with Crippen LogP contribution in [0.5, 0.6) is 11.5 Å². The van der Waals surface area contributed by atoms with E-state index in [1.165, 1.54) is 0 Å². The molecule has 0 saturated carbocycles. The molecule has 96 valence electrons. The second-order valence-electron chi connectivity index (χ2n) is 3.91. The van der Waals surface area contributed by atoms with E-state index in [0.29, 0.717) is 22.9 Å². The fraction of sp³-hybridized carbons (Fsp3) is 0.308. The molecule has 0 aliphatic rings. The molecule has 0 spiro atoms. The summed E-state index contributed by atoms with van der Waals surface area (Å²) in [5.41, 5.74) is 0.631. The Labute approximate surface area is 106 Å². The van der Waals surface area contributed by atoms with E-state index in [0.717, 1.165) is 0 Å². The molecular weight excluding hydrogens is 232 g/mol. The van der Waals surface area contributed by atoms with Crippen LogP contribution in [0.3, 0.4) is 0 Å². The number of ether oxygens (including phenoxy) is 2. The third-order valence-corrected chi connectivity index (χ3v) is 2.83. The van der Waals surface area contributed by atoms with Gasteiger partial charge in [-0.2, -0.15) is 0 Å². The van der Waals surface area contributed by atoms with Gasteiger partial charge in [0.05, 0.1) is 14.2 Å². The summed E-state index contributed by atoms with van der Waals surface area (Å²) in [6, 6.07) is 5.30. The summed E-state index contributed by atoms with van der Waals surface area (Å²) in [7, 11) is 4.98. The zero-order valence-corrected chi connectivity index (χ0v) is 10.6. The second kappa shape index (κ2) is 5.10. The van der Waals surface area contributed by atoms with Crippen LogP contribution < -0.4 is 9.47 Å². The van der Waals surface area contributed by atoms with E-state index in [-0.39, 0.29) is 0 Å². The molecule has 0 amide bonds. The maximum absolute atomic E-state index is 10.4. The first-order valence-electron chi connectivity index (χ1n) is 5.54. The Balaban J connectivity index is 2.45. The Hall–Kier alpha value is -2.01. The van der Waals surface area contributed by atoms with Crippen molar-refractivity contribution in [2.75, 3.05) is 14.2 Å². The topological polar surface area (TPSA) is 56.5 Å². The minimum atomic E-state index is -0.852. The molecule has 0 saturated heterocycles. The van der Waals surface area contributed by atoms with Crippen molar-refractivity contribution < 1.29 is 14.6 Å². The molecule has 1 aromatic carbocycles. The van der Waals surface area contributed by atoms with Crippen molar-refractivity contribution in [2.24, 2.45) is 7.05 Å². The number of aliphatic hydroxyl groups excluding tert-OH is 1. The van der Waals surface area contributed by atoms with E-state index in [9.17, 15) is 5.11 Å². The standard InChI is InChI=1S/C13H16N2O3/c1-15-7-6-14-13(15)12(16)10-8-9(17-2)4-5-11(10)18-3/h4-8,12,16H,1-3H3. The highest BCUT2D eigenvalue weighted by Crippen LogP contribution is 2.32. The summed E-state index contributed by atoms with van der Waals surface area (Å²) in [5, 5.41) is 10.4. The quantitative estimate of drug-likeness (QED) is 0.891. The normalized spacial score (nSPS) is 12.2. The summed E-state index contributed by atoms with van der Waals surface area (Å²) in [5.74, 6) is 1.83. The number of hydrogen-bond acceptors (Lipinski definition) is 4. The number of hydrogen-bond donors (Lipinski definition) is 1. The summed E-state index contributed by atoms with van der Waals surface area (Å²) < 4.78 is 12.2. The minimum absolute atomic E-state index is 0.557. The summed E-state index contributed by atoms with van der Waals surface area (Å²) in [6.07, 6.45) is 2.58. The first-order chi connectivity index (χ1) is 8.67. The van der Waals surface area contributed by atoms with E-state index in [1.807, 2.05) is 7.05 Å². The molecule has 0 fully saturated rings. The lowest BCUT2D eigenvalue weighted by molar-refractivity contribution is 0.200. The van der Waals surface area contributed by atoms with Gasteiger partial charge in [-0.25, -0.2) is 4.98 Å². The van der Waals surface area contributed by atoms with Crippen molar-refractivity contribution in [1.82, 2.24) is 9.55 Å². The van der Waals surface area contributed by atoms with E-state index >= 15 is 0 Å². The number of nitrogens with zero attached hydrogens (tertiary/aromatic N) is 2. The number of rotatable bonds is 4. The third kappa shape index (κ3) is 2.17. The van der Waals surface area contributed by atoms with Gasteiger partial charge in [0.25, 0.3) is 0 Å². The van der Waals surface area contributed by atoms with E-state index in [1.54, 1.807) is 49.4 Å². The predicted molar refractivity (Wildman–Crippen MR) is 66.8 cm³/mol. The highest BCUT2D eigenvalue weighted by atomic mass is 16.5. The van der Waals surface area contributed by atoms with Gasteiger partial charge >= 0.3 is 0 Å². The average molecular weight is 248 g/mol. The van der Waals surface area contributed by atoms with Crippen LogP contribution in [0.2, 0.25) is 0 Å². The number of aromatic nitrogens is 2. The first kappa shape index (κ1) is 12.4. The molecule has 0 radical (unpaired) electrons. The van der Waals surface area contributed by atoms with Gasteiger partial charge in [0.2, 0.25) is 0 Å². The minimum Gasteiger partial charge on any atom is -0.497 e. The zero-order chi connectivity index (χ0) is 13.1. The van der Waals surface area contributed by atoms with Crippen molar-refractivity contribution in [2.45, 2.75) is 6.10 Å². The van der Waals surface area contributed by atoms with Crippen LogP contribution in [0, 0.1) is 0 Å². The molecule has 5 heteroatoms. The van der Waals surface area contributed by atoms with E-state index in [4.69, 9.17) is 9.47 Å². The van der Waals surface area contributed by atoms with Gasteiger partial charge in [-0.1, -0.05) is 0 Å². The summed E-state index contributed by atoms with van der Waals surface area (Å²) in [6.45, 7) is 0. The Morgan fingerprint density at radius 3 is 2.61 bits per heavy atom. The lowest BCUT2D eigenvalue weighted by atomic mass is 10.1. The molecule has 0 aliphatic carbocycles. The largest absolute Gasteiger partial charge is 0.497 e. The highest BCUT2D eigenvalue weighted by Gasteiger charge is 2.19. The highest BCUT2D eigenvalue weighted by molar-refractivity contribution is 5.43. The molecule has 1 aromatic heterocycles. The van der Waals surface area contributed by atoms with E-state index < -0.39 is 6.10 Å². The van der Waals surface area contributed by atoms with Crippen LogP contribution >= 0.6 is 0 Å². The molecule has 1 unspecified atom stereocenters. The van der Waals surface area contributed by atoms with Gasteiger partial charge in [-0.05, 0) is 18.2 Å². The first-order valence-corrected chi connectivity index (χ1v) is 5.54. The van der Waals surface area contributed by atoms with Crippen LogP contribution in [0.4, 0.5) is 0 Å². The lowest BCUT2D eigenvalue weighted by Crippen LogP contribution is -2.08. The van der Waals surface area contributed by atoms with Crippen LogP contribution in [0.25, 0.3) is 0 Å². The van der Waals surface area contributed by atoms with Crippen molar-refractivity contribution in [3.05, 3.63) is 42.0 Å². The second-order valence-corrected chi connectivity index (χ2v) is 3.91. The molecule has 0 bridgehead atoms. The maximum Gasteiger partial charge on any atom is 0.142 e. The molecule has 0 aliphatic heterocycles. The summed E-state index contributed by atoms with van der Waals surface area (Å²) in [4.78, 5) is 4.14. The van der Waals surface area contributed by atoms with Crippen molar-refractivity contribution in [3.63, 3.8) is 0 Å². The van der Waals surface area contributed by atoms with Gasteiger partial charge in [-0.15, -0.1) is 0 Å². The van der Waals surface area contributed by atoms with Gasteiger partial charge in [0.1, 0.15) is 23.4 Å². The number of methoxy groups -OCH3 is 2. The van der Waals surface area contributed by atoms with E-state index in [2.05, 4.69) is 4.98 Å². The molecule has 1 N–H and O–H groups in total. The van der Waals surface area contributed by atoms with Crippen LogP contribution in [-0.2, 0) is 7.05 Å². The van der Waals surface area contributed by atoms with Gasteiger partial charge in [0, 0.05) is 25.0 Å². The average Bonchev–Trinajstić information content (AvgIpc) is 2.83. The number of aliphatic hydroxyl groups is 1. The molecule has 2 aromatic rings. The molecule has 5 nitrogen and oxygen atoms in total. The smallest absolute Gasteiger partial charge is 0.142 e. The lowest BCUT2D eigenvalue weighted by Gasteiger charge is -2.15. The Morgan fingerprint density at radius 2 is 2.06 bits per heavy atom. The van der Waals surface area contributed by atoms with Gasteiger partial charge in [0.15, 0.2) is 0 Å². The van der Waals surface area contributed by atoms with Crippen molar-refractivity contribution >= 4 is 0 Å². The monoisotopic (exact) mass is 248 g/mol. The van der Waals surface area contributed by atoms with Crippen LogP contribution in [0.15, 0.2) is 30.6 Å². The van der Waals surface area contributed by atoms with Gasteiger partial charge < -0.3 is 19.1 Å².